The quantitative estimate of drug-likeness (QED) is 0.656. The molecule has 0 saturated heterocycles. The van der Waals surface area contributed by atoms with E-state index in [-0.39, 0.29) is 5.41 Å². The van der Waals surface area contributed by atoms with Gasteiger partial charge in [-0.05, 0) is 0 Å². The average molecular weight is 249 g/mol. The number of aromatic nitrogens is 4. The van der Waals surface area contributed by atoms with E-state index in [1.54, 1.807) is 0 Å². The highest BCUT2D eigenvalue weighted by Crippen LogP contribution is 2.23. The van der Waals surface area contributed by atoms with Crippen LogP contribution in [-0.2, 0) is 12.0 Å². The van der Waals surface area contributed by atoms with Crippen molar-refractivity contribution in [2.24, 2.45) is 0 Å². The Bertz CT molecular complexity index is 554. The van der Waals surface area contributed by atoms with E-state index >= 15 is 0 Å². The Labute approximate surface area is 104 Å². The number of hydrogen-bond acceptors (Lipinski definition) is 5. The first-order valence-corrected chi connectivity index (χ1v) is 6.20. The van der Waals surface area contributed by atoms with E-state index in [1.165, 1.54) is 11.3 Å². The van der Waals surface area contributed by atoms with Crippen LogP contribution in [0.25, 0.3) is 4.96 Å². The lowest BCUT2D eigenvalue weighted by Gasteiger charge is -2.13. The molecule has 2 aromatic heterocycles. The Balaban J connectivity index is 2.26. The van der Waals surface area contributed by atoms with Crippen LogP contribution in [0.4, 0.5) is 0 Å². The molecule has 0 aliphatic carbocycles. The standard InChI is InChI=1S/C11H15N5S/c1-5-6-12-7-8-15-16-9(11(2,3)4)13-14-10(16)17-8/h1,12H,6-7H2,2-4H3. The topological polar surface area (TPSA) is 55.1 Å². The van der Waals surface area contributed by atoms with Crippen molar-refractivity contribution in [3.63, 3.8) is 0 Å². The number of terminal acetylenes is 1. The van der Waals surface area contributed by atoms with Crippen molar-refractivity contribution in [3.8, 4) is 12.3 Å². The number of nitrogens with one attached hydrogen (secondary N) is 1. The summed E-state index contributed by atoms with van der Waals surface area (Å²) in [4.78, 5) is 0.826. The fourth-order valence-corrected chi connectivity index (χ4v) is 2.24. The highest BCUT2D eigenvalue weighted by molar-refractivity contribution is 7.16. The molecule has 90 valence electrons. The van der Waals surface area contributed by atoms with Crippen molar-refractivity contribution < 1.29 is 0 Å². The fourth-order valence-electron chi connectivity index (χ4n) is 1.44. The van der Waals surface area contributed by atoms with Crippen molar-refractivity contribution in [2.75, 3.05) is 6.54 Å². The molecule has 0 aromatic carbocycles. The number of nitrogens with zero attached hydrogens (tertiary/aromatic N) is 4. The first-order chi connectivity index (χ1) is 8.02. The van der Waals surface area contributed by atoms with Crippen LogP contribution < -0.4 is 5.32 Å². The molecule has 0 amide bonds. The summed E-state index contributed by atoms with van der Waals surface area (Å²) in [5, 5.41) is 16.9. The lowest BCUT2D eigenvalue weighted by atomic mass is 9.96. The summed E-state index contributed by atoms with van der Waals surface area (Å²) in [7, 11) is 0. The molecule has 0 bridgehead atoms. The van der Waals surface area contributed by atoms with Gasteiger partial charge in [0.2, 0.25) is 4.96 Å². The minimum Gasteiger partial charge on any atom is -0.300 e. The van der Waals surface area contributed by atoms with Gasteiger partial charge in [-0.15, -0.1) is 16.6 Å². The second kappa shape index (κ2) is 4.43. The highest BCUT2D eigenvalue weighted by atomic mass is 32.1. The van der Waals surface area contributed by atoms with Crippen LogP contribution in [-0.4, -0.2) is 26.4 Å². The van der Waals surface area contributed by atoms with Crippen LogP contribution in [0.2, 0.25) is 0 Å². The summed E-state index contributed by atoms with van der Waals surface area (Å²) >= 11 is 1.53. The molecule has 2 aromatic rings. The predicted octanol–water partition coefficient (Wildman–Crippen LogP) is 1.21. The molecule has 2 rings (SSSR count). The van der Waals surface area contributed by atoms with Crippen LogP contribution in [0, 0.1) is 12.3 Å². The third kappa shape index (κ3) is 2.46. The van der Waals surface area contributed by atoms with Gasteiger partial charge in [0.1, 0.15) is 5.01 Å². The van der Waals surface area contributed by atoms with Gasteiger partial charge in [-0.25, -0.2) is 0 Å². The summed E-state index contributed by atoms with van der Waals surface area (Å²) in [6, 6.07) is 0. The molecule has 6 heteroatoms. The highest BCUT2D eigenvalue weighted by Gasteiger charge is 2.23. The van der Waals surface area contributed by atoms with Gasteiger partial charge in [0.05, 0.1) is 13.1 Å². The van der Waals surface area contributed by atoms with Crippen molar-refractivity contribution in [3.05, 3.63) is 10.8 Å². The summed E-state index contributed by atoms with van der Waals surface area (Å²) in [6.45, 7) is 7.51. The lowest BCUT2D eigenvalue weighted by molar-refractivity contribution is 0.526. The van der Waals surface area contributed by atoms with E-state index in [1.807, 2.05) is 4.52 Å². The minimum atomic E-state index is -0.0585. The molecular weight excluding hydrogens is 234 g/mol. The molecule has 0 spiro atoms. The van der Waals surface area contributed by atoms with Crippen molar-refractivity contribution in [2.45, 2.75) is 32.7 Å². The van der Waals surface area contributed by atoms with E-state index in [4.69, 9.17) is 6.42 Å². The van der Waals surface area contributed by atoms with Crippen LogP contribution >= 0.6 is 11.3 Å². The van der Waals surface area contributed by atoms with Gasteiger partial charge in [0.25, 0.3) is 0 Å². The fraction of sp³-hybridized carbons (Fsp3) is 0.545. The molecule has 17 heavy (non-hydrogen) atoms. The van der Waals surface area contributed by atoms with Crippen molar-refractivity contribution >= 4 is 16.3 Å². The van der Waals surface area contributed by atoms with E-state index in [2.05, 4.69) is 47.3 Å². The van der Waals surface area contributed by atoms with E-state index in [0.29, 0.717) is 13.1 Å². The maximum absolute atomic E-state index is 5.17. The molecule has 2 heterocycles. The molecule has 0 aliphatic heterocycles. The van der Waals surface area contributed by atoms with Gasteiger partial charge in [-0.2, -0.15) is 9.61 Å². The Morgan fingerprint density at radius 2 is 2.18 bits per heavy atom. The molecule has 0 saturated carbocycles. The van der Waals surface area contributed by atoms with E-state index < -0.39 is 0 Å². The Morgan fingerprint density at radius 3 is 2.82 bits per heavy atom. The summed E-state index contributed by atoms with van der Waals surface area (Å²) in [5.74, 6) is 3.41. The van der Waals surface area contributed by atoms with Crippen LogP contribution in [0.15, 0.2) is 0 Å². The van der Waals surface area contributed by atoms with Crippen LogP contribution in [0.1, 0.15) is 31.6 Å². The molecular formula is C11H15N5S. The zero-order valence-corrected chi connectivity index (χ0v) is 11.0. The molecule has 0 fully saturated rings. The second-order valence-corrected chi connectivity index (χ2v) is 5.81. The number of rotatable bonds is 3. The number of hydrogen-bond donors (Lipinski definition) is 1. The summed E-state index contributed by atoms with van der Waals surface area (Å²) in [6.07, 6.45) is 5.17. The molecule has 1 N–H and O–H groups in total. The van der Waals surface area contributed by atoms with Gasteiger partial charge >= 0.3 is 0 Å². The Hall–Kier alpha value is -1.45. The van der Waals surface area contributed by atoms with Gasteiger partial charge in [-0.3, -0.25) is 5.32 Å². The van der Waals surface area contributed by atoms with E-state index in [0.717, 1.165) is 15.8 Å². The van der Waals surface area contributed by atoms with Crippen LogP contribution in [0.3, 0.4) is 0 Å². The lowest BCUT2D eigenvalue weighted by Crippen LogP contribution is -2.17. The third-order valence-corrected chi connectivity index (χ3v) is 3.11. The average Bonchev–Trinajstić information content (AvgIpc) is 2.74. The monoisotopic (exact) mass is 249 g/mol. The first-order valence-electron chi connectivity index (χ1n) is 5.38. The minimum absolute atomic E-state index is 0.0585. The second-order valence-electron chi connectivity index (χ2n) is 4.77. The zero-order valence-electron chi connectivity index (χ0n) is 10.2. The SMILES string of the molecule is C#CCNCc1nn2c(C(C)(C)C)nnc2s1. The van der Waals surface area contributed by atoms with Crippen molar-refractivity contribution in [1.29, 1.82) is 0 Å². The van der Waals surface area contributed by atoms with Crippen LogP contribution in [0.5, 0.6) is 0 Å². The van der Waals surface area contributed by atoms with Gasteiger partial charge in [0, 0.05) is 5.41 Å². The van der Waals surface area contributed by atoms with E-state index in [9.17, 15) is 0 Å². The maximum atomic E-state index is 5.17. The predicted molar refractivity (Wildman–Crippen MR) is 67.9 cm³/mol. The largest absolute Gasteiger partial charge is 0.300 e. The smallest absolute Gasteiger partial charge is 0.234 e. The van der Waals surface area contributed by atoms with Gasteiger partial charge in [0.15, 0.2) is 5.82 Å². The molecule has 0 unspecified atom stereocenters. The van der Waals surface area contributed by atoms with Gasteiger partial charge < -0.3 is 0 Å². The third-order valence-electron chi connectivity index (χ3n) is 2.21. The summed E-state index contributed by atoms with van der Waals surface area (Å²) in [5.41, 5.74) is -0.0585. The van der Waals surface area contributed by atoms with Crippen molar-refractivity contribution in [1.82, 2.24) is 25.1 Å². The molecule has 5 nitrogen and oxygen atoms in total. The summed E-state index contributed by atoms with van der Waals surface area (Å²) < 4.78 is 1.82. The first kappa shape index (κ1) is 12.0. The maximum Gasteiger partial charge on any atom is 0.234 e. The molecule has 0 aliphatic rings. The zero-order chi connectivity index (χ0) is 12.5. The van der Waals surface area contributed by atoms with Gasteiger partial charge in [-0.1, -0.05) is 38.0 Å². The molecule has 0 atom stereocenters. The Kier molecular flexibility index (Phi) is 3.13. The molecule has 0 radical (unpaired) electrons. The number of fused-ring (bicyclic) bond motifs is 1. The normalized spacial score (nSPS) is 11.9. The Morgan fingerprint density at radius 1 is 1.41 bits per heavy atom.